The minimum atomic E-state index is -0.629. The molecule has 1 aromatic rings. The maximum atomic E-state index is 11.3. The Kier molecular flexibility index (Phi) is 5.03. The standard InChI is InChI=1S/C13H19ClN2O3/c1-13(2,18-3)4-5-19-11-9(12(16)17)6-8(15)7-10(11)14/h6-7H,4-5,15H2,1-3H3,(H2,16,17). The summed E-state index contributed by atoms with van der Waals surface area (Å²) in [6.45, 7) is 4.23. The second-order valence-electron chi connectivity index (χ2n) is 4.81. The van der Waals surface area contributed by atoms with Crippen LogP contribution in [0.15, 0.2) is 12.1 Å². The molecule has 0 atom stereocenters. The molecular weight excluding hydrogens is 268 g/mol. The van der Waals surface area contributed by atoms with Crippen molar-refractivity contribution in [1.82, 2.24) is 0 Å². The van der Waals surface area contributed by atoms with Gasteiger partial charge in [0.2, 0.25) is 0 Å². The van der Waals surface area contributed by atoms with Gasteiger partial charge in [-0.1, -0.05) is 11.6 Å². The van der Waals surface area contributed by atoms with E-state index in [0.29, 0.717) is 18.7 Å². The second-order valence-corrected chi connectivity index (χ2v) is 5.21. The van der Waals surface area contributed by atoms with Crippen molar-refractivity contribution in [3.8, 4) is 5.75 Å². The number of hydrogen-bond acceptors (Lipinski definition) is 4. The fraction of sp³-hybridized carbons (Fsp3) is 0.462. The summed E-state index contributed by atoms with van der Waals surface area (Å²) in [4.78, 5) is 11.3. The Morgan fingerprint density at radius 2 is 2.05 bits per heavy atom. The molecule has 0 unspecified atom stereocenters. The Hall–Kier alpha value is -1.46. The lowest BCUT2D eigenvalue weighted by Gasteiger charge is -2.23. The lowest BCUT2D eigenvalue weighted by Crippen LogP contribution is -2.25. The van der Waals surface area contributed by atoms with Gasteiger partial charge in [-0.05, 0) is 26.0 Å². The largest absolute Gasteiger partial charge is 0.491 e. The van der Waals surface area contributed by atoms with Gasteiger partial charge in [-0.15, -0.1) is 0 Å². The topological polar surface area (TPSA) is 87.6 Å². The van der Waals surface area contributed by atoms with Gasteiger partial charge in [-0.2, -0.15) is 0 Å². The van der Waals surface area contributed by atoms with Crippen LogP contribution in [0, 0.1) is 0 Å². The molecule has 0 aromatic heterocycles. The highest BCUT2D eigenvalue weighted by Gasteiger charge is 2.19. The van der Waals surface area contributed by atoms with Gasteiger partial charge in [-0.25, -0.2) is 0 Å². The quantitative estimate of drug-likeness (QED) is 0.785. The van der Waals surface area contributed by atoms with Crippen molar-refractivity contribution < 1.29 is 14.3 Å². The molecule has 19 heavy (non-hydrogen) atoms. The number of rotatable bonds is 6. The number of nitrogens with two attached hydrogens (primary N) is 2. The maximum Gasteiger partial charge on any atom is 0.252 e. The Labute approximate surface area is 117 Å². The molecule has 1 amide bonds. The number of carbonyl (C=O) groups is 1. The summed E-state index contributed by atoms with van der Waals surface area (Å²) in [5, 5.41) is 0.268. The number of anilines is 1. The smallest absolute Gasteiger partial charge is 0.252 e. The third-order valence-electron chi connectivity index (χ3n) is 2.83. The summed E-state index contributed by atoms with van der Waals surface area (Å²) >= 11 is 6.02. The predicted octanol–water partition coefficient (Wildman–Crippen LogP) is 2.21. The minimum absolute atomic E-state index is 0.181. The summed E-state index contributed by atoms with van der Waals surface area (Å²) in [5.41, 5.74) is 11.1. The van der Waals surface area contributed by atoms with Crippen LogP contribution in [-0.4, -0.2) is 25.2 Å². The van der Waals surface area contributed by atoms with E-state index in [0.717, 1.165) is 0 Å². The van der Waals surface area contributed by atoms with Crippen molar-refractivity contribution in [1.29, 1.82) is 0 Å². The van der Waals surface area contributed by atoms with Crippen LogP contribution in [-0.2, 0) is 4.74 Å². The zero-order valence-electron chi connectivity index (χ0n) is 11.3. The van der Waals surface area contributed by atoms with Crippen molar-refractivity contribution >= 4 is 23.2 Å². The van der Waals surface area contributed by atoms with Gasteiger partial charge in [0.15, 0.2) is 5.75 Å². The van der Waals surface area contributed by atoms with Crippen LogP contribution in [0.3, 0.4) is 0 Å². The number of benzene rings is 1. The van der Waals surface area contributed by atoms with Crippen LogP contribution in [0.5, 0.6) is 5.75 Å². The predicted molar refractivity (Wildman–Crippen MR) is 75.6 cm³/mol. The molecule has 0 saturated heterocycles. The van der Waals surface area contributed by atoms with Crippen LogP contribution in [0.2, 0.25) is 5.02 Å². The lowest BCUT2D eigenvalue weighted by molar-refractivity contribution is 0.00542. The highest BCUT2D eigenvalue weighted by atomic mass is 35.5. The first-order chi connectivity index (χ1) is 8.76. The van der Waals surface area contributed by atoms with Gasteiger partial charge in [0.1, 0.15) is 0 Å². The van der Waals surface area contributed by atoms with Crippen LogP contribution in [0.25, 0.3) is 0 Å². The van der Waals surface area contributed by atoms with Crippen molar-refractivity contribution in [2.45, 2.75) is 25.9 Å². The first kappa shape index (κ1) is 15.6. The molecule has 1 aromatic carbocycles. The van der Waals surface area contributed by atoms with Gasteiger partial charge >= 0.3 is 0 Å². The molecule has 0 heterocycles. The van der Waals surface area contributed by atoms with E-state index in [2.05, 4.69) is 0 Å². The molecule has 0 aliphatic rings. The molecule has 4 N–H and O–H groups in total. The van der Waals surface area contributed by atoms with Crippen molar-refractivity contribution in [2.75, 3.05) is 19.5 Å². The Morgan fingerprint density at radius 3 is 2.58 bits per heavy atom. The SMILES string of the molecule is COC(C)(C)CCOc1c(Cl)cc(N)cc1C(N)=O. The number of amides is 1. The van der Waals surface area contributed by atoms with Crippen molar-refractivity contribution in [2.24, 2.45) is 5.73 Å². The third-order valence-corrected chi connectivity index (χ3v) is 3.12. The van der Waals surface area contributed by atoms with Crippen molar-refractivity contribution in [3.63, 3.8) is 0 Å². The van der Waals surface area contributed by atoms with Crippen LogP contribution in [0.4, 0.5) is 5.69 Å². The molecule has 0 spiro atoms. The monoisotopic (exact) mass is 286 g/mol. The van der Waals surface area contributed by atoms with Gasteiger partial charge in [0.05, 0.1) is 22.8 Å². The molecule has 0 saturated carbocycles. The number of nitrogen functional groups attached to an aromatic ring is 1. The highest BCUT2D eigenvalue weighted by Crippen LogP contribution is 2.31. The van der Waals surface area contributed by atoms with Gasteiger partial charge in [0.25, 0.3) is 5.91 Å². The van der Waals surface area contributed by atoms with Crippen LogP contribution >= 0.6 is 11.6 Å². The van der Waals surface area contributed by atoms with Gasteiger partial charge in [0, 0.05) is 19.2 Å². The molecule has 0 aliphatic carbocycles. The molecular formula is C13H19ClN2O3. The number of methoxy groups -OCH3 is 1. The summed E-state index contributed by atoms with van der Waals surface area (Å²) in [7, 11) is 1.63. The zero-order chi connectivity index (χ0) is 14.6. The molecule has 0 bridgehead atoms. The average molecular weight is 287 g/mol. The van der Waals surface area contributed by atoms with E-state index >= 15 is 0 Å². The van der Waals surface area contributed by atoms with E-state index in [1.807, 2.05) is 13.8 Å². The Bertz CT molecular complexity index is 475. The normalized spacial score (nSPS) is 11.4. The number of halogens is 1. The van der Waals surface area contributed by atoms with E-state index < -0.39 is 5.91 Å². The maximum absolute atomic E-state index is 11.3. The van der Waals surface area contributed by atoms with E-state index in [1.165, 1.54) is 12.1 Å². The minimum Gasteiger partial charge on any atom is -0.491 e. The fourth-order valence-corrected chi connectivity index (χ4v) is 1.73. The summed E-state index contributed by atoms with van der Waals surface area (Å²) in [6, 6.07) is 2.97. The summed E-state index contributed by atoms with van der Waals surface area (Å²) in [6.07, 6.45) is 0.641. The van der Waals surface area contributed by atoms with Crippen LogP contribution in [0.1, 0.15) is 30.6 Å². The number of hydrogen-bond donors (Lipinski definition) is 2. The van der Waals surface area contributed by atoms with Gasteiger partial charge < -0.3 is 20.9 Å². The summed E-state index contributed by atoms with van der Waals surface area (Å²) in [5.74, 6) is -0.370. The molecule has 106 valence electrons. The first-order valence-electron chi connectivity index (χ1n) is 5.83. The van der Waals surface area contributed by atoms with Gasteiger partial charge in [-0.3, -0.25) is 4.79 Å². The van der Waals surface area contributed by atoms with Crippen molar-refractivity contribution in [3.05, 3.63) is 22.7 Å². The van der Waals surface area contributed by atoms with E-state index in [4.69, 9.17) is 32.5 Å². The van der Waals surface area contributed by atoms with E-state index in [1.54, 1.807) is 7.11 Å². The Morgan fingerprint density at radius 1 is 1.42 bits per heavy atom. The lowest BCUT2D eigenvalue weighted by atomic mass is 10.1. The molecule has 0 radical (unpaired) electrons. The highest BCUT2D eigenvalue weighted by molar-refractivity contribution is 6.33. The zero-order valence-corrected chi connectivity index (χ0v) is 12.1. The third kappa shape index (κ3) is 4.29. The molecule has 0 fully saturated rings. The number of ether oxygens (including phenoxy) is 2. The number of carbonyl (C=O) groups excluding carboxylic acids is 1. The molecule has 5 nitrogen and oxygen atoms in total. The second kappa shape index (κ2) is 6.12. The first-order valence-corrected chi connectivity index (χ1v) is 6.21. The average Bonchev–Trinajstić information content (AvgIpc) is 2.31. The van der Waals surface area contributed by atoms with E-state index in [-0.39, 0.29) is 21.9 Å². The molecule has 1 rings (SSSR count). The summed E-state index contributed by atoms with van der Waals surface area (Å²) < 4.78 is 10.8. The Balaban J connectivity index is 2.86. The number of primary amides is 1. The van der Waals surface area contributed by atoms with Crippen LogP contribution < -0.4 is 16.2 Å². The molecule has 0 aliphatic heterocycles. The van der Waals surface area contributed by atoms with E-state index in [9.17, 15) is 4.79 Å². The molecule has 6 heteroatoms. The fourth-order valence-electron chi connectivity index (χ4n) is 1.45.